The van der Waals surface area contributed by atoms with Crippen LogP contribution >= 0.6 is 0 Å². The smallest absolute Gasteiger partial charge is 0.313 e. The molecule has 0 saturated carbocycles. The van der Waals surface area contributed by atoms with Crippen LogP contribution in [0.4, 0.5) is 21.5 Å². The standard InChI is InChI=1S/C16H13FN4O5/c17-10-1-3-12(4-2-10)20-16(24)15(23)18-9-14(22)19-11-5-7-13(8-6-11)21(25)26/h1-8H,9H2,(H,18,23)(H,19,22)(H,20,24). The van der Waals surface area contributed by atoms with Gasteiger partial charge in [-0.15, -0.1) is 0 Å². The molecule has 0 aliphatic carbocycles. The van der Waals surface area contributed by atoms with Crippen LogP contribution in [0.1, 0.15) is 0 Å². The first-order valence-corrected chi connectivity index (χ1v) is 7.24. The van der Waals surface area contributed by atoms with Crippen LogP contribution in [0.5, 0.6) is 0 Å². The van der Waals surface area contributed by atoms with E-state index < -0.39 is 35.0 Å². The average Bonchev–Trinajstić information content (AvgIpc) is 2.62. The Morgan fingerprint density at radius 2 is 1.42 bits per heavy atom. The van der Waals surface area contributed by atoms with Gasteiger partial charge in [-0.05, 0) is 36.4 Å². The van der Waals surface area contributed by atoms with Gasteiger partial charge < -0.3 is 16.0 Å². The molecule has 0 saturated heterocycles. The molecule has 134 valence electrons. The van der Waals surface area contributed by atoms with E-state index in [0.29, 0.717) is 5.69 Å². The van der Waals surface area contributed by atoms with Crippen molar-refractivity contribution in [3.05, 3.63) is 64.5 Å². The zero-order valence-corrected chi connectivity index (χ0v) is 13.2. The summed E-state index contributed by atoms with van der Waals surface area (Å²) in [5, 5.41) is 17.3. The maximum absolute atomic E-state index is 12.8. The van der Waals surface area contributed by atoms with E-state index in [1.807, 2.05) is 0 Å². The summed E-state index contributed by atoms with van der Waals surface area (Å²) in [4.78, 5) is 45.0. The number of rotatable bonds is 5. The second-order valence-electron chi connectivity index (χ2n) is 5.00. The first-order chi connectivity index (χ1) is 12.3. The summed E-state index contributed by atoms with van der Waals surface area (Å²) >= 11 is 0. The van der Waals surface area contributed by atoms with Gasteiger partial charge in [0.1, 0.15) is 5.82 Å². The molecule has 0 aromatic heterocycles. The second kappa shape index (κ2) is 8.33. The molecule has 2 aromatic rings. The number of anilines is 2. The van der Waals surface area contributed by atoms with Gasteiger partial charge in [-0.2, -0.15) is 0 Å². The lowest BCUT2D eigenvalue weighted by molar-refractivity contribution is -0.384. The highest BCUT2D eigenvalue weighted by molar-refractivity contribution is 6.39. The number of nitrogens with zero attached hydrogens (tertiary/aromatic N) is 1. The van der Waals surface area contributed by atoms with Gasteiger partial charge in [0, 0.05) is 23.5 Å². The summed E-state index contributed by atoms with van der Waals surface area (Å²) in [6, 6.07) is 9.88. The molecule has 3 N–H and O–H groups in total. The fourth-order valence-corrected chi connectivity index (χ4v) is 1.83. The first kappa shape index (κ1) is 18.5. The zero-order chi connectivity index (χ0) is 19.1. The molecule has 0 radical (unpaired) electrons. The summed E-state index contributed by atoms with van der Waals surface area (Å²) in [5.41, 5.74) is 0.390. The lowest BCUT2D eigenvalue weighted by Crippen LogP contribution is -2.39. The number of hydrogen-bond donors (Lipinski definition) is 3. The number of carbonyl (C=O) groups excluding carboxylic acids is 3. The molecule has 0 aliphatic rings. The van der Waals surface area contributed by atoms with Crippen molar-refractivity contribution >= 4 is 34.8 Å². The Kier molecular flexibility index (Phi) is 5.93. The van der Waals surface area contributed by atoms with E-state index in [1.54, 1.807) is 0 Å². The van der Waals surface area contributed by atoms with Crippen molar-refractivity contribution in [2.24, 2.45) is 0 Å². The maximum atomic E-state index is 12.8. The Hall–Kier alpha value is -3.82. The van der Waals surface area contributed by atoms with Crippen LogP contribution in [-0.4, -0.2) is 29.2 Å². The van der Waals surface area contributed by atoms with Crippen LogP contribution in [0.25, 0.3) is 0 Å². The molecule has 26 heavy (non-hydrogen) atoms. The van der Waals surface area contributed by atoms with Crippen molar-refractivity contribution in [1.29, 1.82) is 0 Å². The topological polar surface area (TPSA) is 130 Å². The number of carbonyl (C=O) groups is 3. The molecular formula is C16H13FN4O5. The minimum Gasteiger partial charge on any atom is -0.339 e. The predicted molar refractivity (Wildman–Crippen MR) is 89.8 cm³/mol. The van der Waals surface area contributed by atoms with Crippen LogP contribution in [-0.2, 0) is 14.4 Å². The molecule has 0 fully saturated rings. The molecule has 0 heterocycles. The molecule has 0 bridgehead atoms. The molecular weight excluding hydrogens is 347 g/mol. The normalized spacial score (nSPS) is 9.88. The van der Waals surface area contributed by atoms with Gasteiger partial charge in [-0.1, -0.05) is 0 Å². The summed E-state index contributed by atoms with van der Waals surface area (Å²) in [6.45, 7) is -0.480. The zero-order valence-electron chi connectivity index (χ0n) is 13.2. The third-order valence-electron chi connectivity index (χ3n) is 3.08. The van der Waals surface area contributed by atoms with E-state index in [1.165, 1.54) is 36.4 Å². The van der Waals surface area contributed by atoms with E-state index in [0.717, 1.165) is 12.1 Å². The molecule has 0 aliphatic heterocycles. The maximum Gasteiger partial charge on any atom is 0.313 e. The minimum atomic E-state index is -1.05. The van der Waals surface area contributed by atoms with Gasteiger partial charge in [-0.25, -0.2) is 4.39 Å². The molecule has 2 aromatic carbocycles. The van der Waals surface area contributed by atoms with Crippen LogP contribution in [0.2, 0.25) is 0 Å². The fraction of sp³-hybridized carbons (Fsp3) is 0.0625. The molecule has 2 rings (SSSR count). The van der Waals surface area contributed by atoms with Crippen molar-refractivity contribution < 1.29 is 23.7 Å². The number of nitro benzene ring substituents is 1. The molecule has 3 amide bonds. The van der Waals surface area contributed by atoms with Gasteiger partial charge >= 0.3 is 11.8 Å². The summed E-state index contributed by atoms with van der Waals surface area (Å²) in [7, 11) is 0. The highest BCUT2D eigenvalue weighted by Gasteiger charge is 2.15. The van der Waals surface area contributed by atoms with E-state index in [9.17, 15) is 28.9 Å². The van der Waals surface area contributed by atoms with Gasteiger partial charge in [0.05, 0.1) is 11.5 Å². The summed E-state index contributed by atoms with van der Waals surface area (Å²) in [6.07, 6.45) is 0. The number of halogens is 1. The van der Waals surface area contributed by atoms with E-state index in [-0.39, 0.29) is 11.4 Å². The fourth-order valence-electron chi connectivity index (χ4n) is 1.83. The van der Waals surface area contributed by atoms with Crippen LogP contribution in [0, 0.1) is 15.9 Å². The van der Waals surface area contributed by atoms with Crippen LogP contribution < -0.4 is 16.0 Å². The highest BCUT2D eigenvalue weighted by atomic mass is 19.1. The van der Waals surface area contributed by atoms with Crippen LogP contribution in [0.3, 0.4) is 0 Å². The number of nitro groups is 1. The average molecular weight is 360 g/mol. The number of amides is 3. The summed E-state index contributed by atoms with van der Waals surface area (Å²) in [5.74, 6) is -3.18. The van der Waals surface area contributed by atoms with Crippen molar-refractivity contribution in [1.82, 2.24) is 5.32 Å². The Morgan fingerprint density at radius 1 is 0.885 bits per heavy atom. The SMILES string of the molecule is O=C(CNC(=O)C(=O)Nc1ccc(F)cc1)Nc1ccc([N+](=O)[O-])cc1. The monoisotopic (exact) mass is 360 g/mol. The molecule has 0 spiro atoms. The number of hydrogen-bond acceptors (Lipinski definition) is 5. The van der Waals surface area contributed by atoms with Crippen molar-refractivity contribution in [3.8, 4) is 0 Å². The van der Waals surface area contributed by atoms with Crippen molar-refractivity contribution in [2.75, 3.05) is 17.2 Å². The Bertz CT molecular complexity index is 837. The second-order valence-corrected chi connectivity index (χ2v) is 5.00. The van der Waals surface area contributed by atoms with Gasteiger partial charge in [-0.3, -0.25) is 24.5 Å². The number of non-ortho nitro benzene ring substituents is 1. The number of benzene rings is 2. The molecule has 9 nitrogen and oxygen atoms in total. The van der Waals surface area contributed by atoms with E-state index >= 15 is 0 Å². The lowest BCUT2D eigenvalue weighted by atomic mass is 10.3. The Labute approximate surface area is 146 Å². The number of nitrogens with one attached hydrogen (secondary N) is 3. The third-order valence-corrected chi connectivity index (χ3v) is 3.08. The van der Waals surface area contributed by atoms with Crippen LogP contribution in [0.15, 0.2) is 48.5 Å². The largest absolute Gasteiger partial charge is 0.339 e. The molecule has 10 heteroatoms. The predicted octanol–water partition coefficient (Wildman–Crippen LogP) is 1.43. The minimum absolute atomic E-state index is 0.131. The lowest BCUT2D eigenvalue weighted by Gasteiger charge is -2.07. The first-order valence-electron chi connectivity index (χ1n) is 7.24. The van der Waals surface area contributed by atoms with Gasteiger partial charge in [0.2, 0.25) is 5.91 Å². The molecule has 0 unspecified atom stereocenters. The van der Waals surface area contributed by atoms with Gasteiger partial charge in [0.25, 0.3) is 5.69 Å². The van der Waals surface area contributed by atoms with Crippen molar-refractivity contribution in [3.63, 3.8) is 0 Å². The Balaban J connectivity index is 1.80. The van der Waals surface area contributed by atoms with Gasteiger partial charge in [0.15, 0.2) is 0 Å². The highest BCUT2D eigenvalue weighted by Crippen LogP contribution is 2.15. The third kappa shape index (κ3) is 5.37. The quantitative estimate of drug-likeness (QED) is 0.422. The van der Waals surface area contributed by atoms with Crippen molar-refractivity contribution in [2.45, 2.75) is 0 Å². The van der Waals surface area contributed by atoms with E-state index in [2.05, 4.69) is 16.0 Å². The molecule has 0 atom stereocenters. The van der Waals surface area contributed by atoms with E-state index in [4.69, 9.17) is 0 Å². The Morgan fingerprint density at radius 3 is 2.00 bits per heavy atom. The summed E-state index contributed by atoms with van der Waals surface area (Å²) < 4.78 is 12.8.